The number of nitrogens with one attached hydrogen (secondary N) is 1. The van der Waals surface area contributed by atoms with Gasteiger partial charge in [0, 0.05) is 23.2 Å². The molecule has 0 radical (unpaired) electrons. The van der Waals surface area contributed by atoms with E-state index in [-0.39, 0.29) is 6.54 Å². The minimum atomic E-state index is -0.599. The van der Waals surface area contributed by atoms with Gasteiger partial charge in [0.1, 0.15) is 11.6 Å². The topological polar surface area (TPSA) is 38.0 Å². The van der Waals surface area contributed by atoms with Crippen LogP contribution in [0.2, 0.25) is 5.02 Å². The van der Waals surface area contributed by atoms with Crippen LogP contribution >= 0.6 is 11.6 Å². The summed E-state index contributed by atoms with van der Waals surface area (Å²) < 4.78 is 26.1. The molecule has 0 aliphatic rings. The van der Waals surface area contributed by atoms with Gasteiger partial charge < -0.3 is 11.1 Å². The quantitative estimate of drug-likeness (QED) is 0.831. The second-order valence-corrected chi connectivity index (χ2v) is 4.26. The Bertz CT molecular complexity index is 573. The second kappa shape index (κ2) is 5.23. The van der Waals surface area contributed by atoms with Gasteiger partial charge in [-0.1, -0.05) is 17.7 Å². The number of hydrogen-bond acceptors (Lipinski definition) is 2. The van der Waals surface area contributed by atoms with E-state index < -0.39 is 11.6 Å². The summed E-state index contributed by atoms with van der Waals surface area (Å²) >= 11 is 5.83. The molecule has 3 N–H and O–H groups in total. The van der Waals surface area contributed by atoms with E-state index in [0.717, 1.165) is 6.07 Å². The molecule has 2 rings (SSSR count). The maximum Gasteiger partial charge on any atom is 0.131 e. The van der Waals surface area contributed by atoms with Gasteiger partial charge in [-0.25, -0.2) is 8.78 Å². The van der Waals surface area contributed by atoms with Gasteiger partial charge in [-0.05, 0) is 24.3 Å². The molecule has 0 fully saturated rings. The predicted molar refractivity (Wildman–Crippen MR) is 69.5 cm³/mol. The number of benzene rings is 2. The highest BCUT2D eigenvalue weighted by atomic mass is 35.5. The fourth-order valence-corrected chi connectivity index (χ4v) is 1.71. The third kappa shape index (κ3) is 2.90. The van der Waals surface area contributed by atoms with Crippen LogP contribution in [0, 0.1) is 11.6 Å². The normalized spacial score (nSPS) is 10.4. The van der Waals surface area contributed by atoms with Crippen molar-refractivity contribution in [3.63, 3.8) is 0 Å². The first-order valence-electron chi connectivity index (χ1n) is 5.29. The first kappa shape index (κ1) is 12.6. The van der Waals surface area contributed by atoms with Crippen LogP contribution in [0.1, 0.15) is 5.56 Å². The van der Waals surface area contributed by atoms with Crippen LogP contribution in [0.5, 0.6) is 0 Å². The smallest absolute Gasteiger partial charge is 0.131 e. The van der Waals surface area contributed by atoms with E-state index in [2.05, 4.69) is 5.32 Å². The van der Waals surface area contributed by atoms with Gasteiger partial charge in [0.2, 0.25) is 0 Å². The van der Waals surface area contributed by atoms with E-state index in [1.54, 1.807) is 18.2 Å². The lowest BCUT2D eigenvalue weighted by molar-refractivity contribution is 0.574. The molecule has 0 aliphatic heterocycles. The minimum absolute atomic E-state index is 0.205. The molecule has 0 saturated carbocycles. The molecule has 0 atom stereocenters. The van der Waals surface area contributed by atoms with E-state index >= 15 is 0 Å². The summed E-state index contributed by atoms with van der Waals surface area (Å²) in [5.41, 5.74) is 7.23. The molecule has 0 amide bonds. The van der Waals surface area contributed by atoms with Gasteiger partial charge in [-0.15, -0.1) is 0 Å². The molecule has 0 aromatic heterocycles. The van der Waals surface area contributed by atoms with Crippen molar-refractivity contribution in [2.75, 3.05) is 11.1 Å². The molecule has 0 spiro atoms. The zero-order valence-corrected chi connectivity index (χ0v) is 10.1. The van der Waals surface area contributed by atoms with Crippen LogP contribution in [-0.4, -0.2) is 0 Å². The molecule has 94 valence electrons. The first-order valence-corrected chi connectivity index (χ1v) is 5.67. The fraction of sp³-hybridized carbons (Fsp3) is 0.0769. The van der Waals surface area contributed by atoms with Crippen molar-refractivity contribution in [3.05, 3.63) is 58.6 Å². The number of hydrogen-bond donors (Lipinski definition) is 2. The number of rotatable bonds is 3. The van der Waals surface area contributed by atoms with E-state index in [9.17, 15) is 8.78 Å². The molecule has 0 heterocycles. The molecular formula is C13H11ClF2N2. The molecule has 2 nitrogen and oxygen atoms in total. The second-order valence-electron chi connectivity index (χ2n) is 3.82. The number of nitrogens with two attached hydrogens (primary N) is 1. The maximum atomic E-state index is 13.4. The minimum Gasteiger partial charge on any atom is -0.397 e. The molecule has 0 bridgehead atoms. The Morgan fingerprint density at radius 3 is 2.61 bits per heavy atom. The monoisotopic (exact) mass is 268 g/mol. The molecule has 5 heteroatoms. The van der Waals surface area contributed by atoms with E-state index in [0.29, 0.717) is 22.0 Å². The summed E-state index contributed by atoms with van der Waals surface area (Å²) in [6, 6.07) is 8.42. The van der Waals surface area contributed by atoms with Crippen LogP contribution in [0.15, 0.2) is 36.4 Å². The highest BCUT2D eigenvalue weighted by Crippen LogP contribution is 2.23. The molecule has 2 aromatic rings. The van der Waals surface area contributed by atoms with Crippen LogP contribution in [0.25, 0.3) is 0 Å². The average molecular weight is 269 g/mol. The third-order valence-electron chi connectivity index (χ3n) is 2.50. The first-order chi connectivity index (χ1) is 8.56. The Kier molecular flexibility index (Phi) is 3.67. The number of nitrogen functional groups attached to an aromatic ring is 1. The number of halogens is 3. The Labute approximate surface area is 108 Å². The summed E-state index contributed by atoms with van der Waals surface area (Å²) in [5, 5.41) is 3.49. The van der Waals surface area contributed by atoms with Gasteiger partial charge in [-0.3, -0.25) is 0 Å². The standard InChI is InChI=1S/C13H11ClF2N2/c14-9-2-4-12(17)13(5-9)18-7-8-1-3-10(15)6-11(8)16/h1-6,18H,7,17H2. The zero-order chi connectivity index (χ0) is 13.1. The highest BCUT2D eigenvalue weighted by molar-refractivity contribution is 6.31. The largest absolute Gasteiger partial charge is 0.397 e. The van der Waals surface area contributed by atoms with Gasteiger partial charge in [0.15, 0.2) is 0 Å². The average Bonchev–Trinajstić information content (AvgIpc) is 2.32. The Balaban J connectivity index is 2.13. The van der Waals surface area contributed by atoms with E-state index in [4.69, 9.17) is 17.3 Å². The highest BCUT2D eigenvalue weighted by Gasteiger charge is 2.05. The summed E-state index contributed by atoms with van der Waals surface area (Å²) in [5.74, 6) is -1.19. The van der Waals surface area contributed by atoms with E-state index in [1.807, 2.05) is 0 Å². The lowest BCUT2D eigenvalue weighted by Crippen LogP contribution is -2.04. The van der Waals surface area contributed by atoms with Gasteiger partial charge in [0.25, 0.3) is 0 Å². The SMILES string of the molecule is Nc1ccc(Cl)cc1NCc1ccc(F)cc1F. The van der Waals surface area contributed by atoms with E-state index in [1.165, 1.54) is 12.1 Å². The van der Waals surface area contributed by atoms with Crippen LogP contribution in [0.4, 0.5) is 20.2 Å². The third-order valence-corrected chi connectivity index (χ3v) is 2.73. The number of anilines is 2. The Morgan fingerprint density at radius 1 is 1.11 bits per heavy atom. The zero-order valence-electron chi connectivity index (χ0n) is 9.38. The van der Waals surface area contributed by atoms with Crippen molar-refractivity contribution in [2.45, 2.75) is 6.54 Å². The van der Waals surface area contributed by atoms with Crippen LogP contribution in [0.3, 0.4) is 0 Å². The summed E-state index contributed by atoms with van der Waals surface area (Å²) in [6.07, 6.45) is 0. The molecular weight excluding hydrogens is 258 g/mol. The Hall–Kier alpha value is -1.81. The van der Waals surface area contributed by atoms with Crippen molar-refractivity contribution in [1.29, 1.82) is 0 Å². The van der Waals surface area contributed by atoms with Gasteiger partial charge in [0.05, 0.1) is 11.4 Å². The van der Waals surface area contributed by atoms with Gasteiger partial charge in [-0.2, -0.15) is 0 Å². The summed E-state index contributed by atoms with van der Waals surface area (Å²) in [6.45, 7) is 0.205. The van der Waals surface area contributed by atoms with Crippen molar-refractivity contribution in [3.8, 4) is 0 Å². The molecule has 0 aliphatic carbocycles. The molecule has 18 heavy (non-hydrogen) atoms. The summed E-state index contributed by atoms with van der Waals surface area (Å²) in [4.78, 5) is 0. The Morgan fingerprint density at radius 2 is 1.89 bits per heavy atom. The molecule has 0 saturated heterocycles. The molecule has 2 aromatic carbocycles. The van der Waals surface area contributed by atoms with Crippen molar-refractivity contribution < 1.29 is 8.78 Å². The fourth-order valence-electron chi connectivity index (χ4n) is 1.54. The van der Waals surface area contributed by atoms with Crippen molar-refractivity contribution in [2.24, 2.45) is 0 Å². The van der Waals surface area contributed by atoms with Gasteiger partial charge >= 0.3 is 0 Å². The maximum absolute atomic E-state index is 13.4. The predicted octanol–water partition coefficient (Wildman–Crippen LogP) is 3.81. The molecule has 0 unspecified atom stereocenters. The lowest BCUT2D eigenvalue weighted by Gasteiger charge is -2.10. The van der Waals surface area contributed by atoms with Crippen molar-refractivity contribution in [1.82, 2.24) is 0 Å². The lowest BCUT2D eigenvalue weighted by atomic mass is 10.2. The van der Waals surface area contributed by atoms with Crippen LogP contribution in [-0.2, 0) is 6.54 Å². The summed E-state index contributed by atoms with van der Waals surface area (Å²) in [7, 11) is 0. The van der Waals surface area contributed by atoms with Crippen molar-refractivity contribution >= 4 is 23.0 Å². The van der Waals surface area contributed by atoms with Crippen LogP contribution < -0.4 is 11.1 Å².